The van der Waals surface area contributed by atoms with Crippen LogP contribution >= 0.6 is 0 Å². The van der Waals surface area contributed by atoms with Crippen molar-refractivity contribution in [3.8, 4) is 0 Å². The molecule has 0 radical (unpaired) electrons. The Labute approximate surface area is 138 Å². The number of hydrogen-bond donors (Lipinski definition) is 1. The number of esters is 1. The van der Waals surface area contributed by atoms with Crippen LogP contribution in [0.5, 0.6) is 0 Å². The second kappa shape index (κ2) is 9.98. The summed E-state index contributed by atoms with van der Waals surface area (Å²) in [6, 6.07) is 3.11. The molecule has 1 heterocycles. The normalized spacial score (nSPS) is 13.3. The number of aromatic carboxylic acids is 1. The molecule has 23 heavy (non-hydrogen) atoms. The van der Waals surface area contributed by atoms with Gasteiger partial charge >= 0.3 is 11.9 Å². The molecule has 0 saturated carbocycles. The second-order valence-electron chi connectivity index (χ2n) is 5.89. The van der Waals surface area contributed by atoms with Gasteiger partial charge in [0.05, 0.1) is 11.3 Å². The van der Waals surface area contributed by atoms with E-state index in [-0.39, 0.29) is 17.5 Å². The lowest BCUT2D eigenvalue weighted by molar-refractivity contribution is -0.149. The third-order valence-corrected chi connectivity index (χ3v) is 4.01. The minimum absolute atomic E-state index is 0.155. The van der Waals surface area contributed by atoms with Gasteiger partial charge in [0.25, 0.3) is 0 Å². The van der Waals surface area contributed by atoms with Crippen LogP contribution in [0.4, 0.5) is 0 Å². The van der Waals surface area contributed by atoms with Gasteiger partial charge in [-0.3, -0.25) is 9.78 Å². The topological polar surface area (TPSA) is 76.5 Å². The van der Waals surface area contributed by atoms with Gasteiger partial charge in [0.1, 0.15) is 6.10 Å². The zero-order valence-corrected chi connectivity index (χ0v) is 14.2. The first-order valence-electron chi connectivity index (χ1n) is 8.35. The molecule has 1 aromatic heterocycles. The van der Waals surface area contributed by atoms with E-state index in [0.29, 0.717) is 12.1 Å². The largest absolute Gasteiger partial charge is 0.478 e. The van der Waals surface area contributed by atoms with Crippen molar-refractivity contribution in [1.29, 1.82) is 0 Å². The molecular weight excluding hydrogens is 294 g/mol. The number of unbranched alkanes of at least 4 members (excludes halogenated alkanes) is 4. The molecule has 0 aliphatic rings. The summed E-state index contributed by atoms with van der Waals surface area (Å²) in [6.07, 6.45) is 6.95. The first kappa shape index (κ1) is 19.1. The van der Waals surface area contributed by atoms with E-state index >= 15 is 0 Å². The fourth-order valence-corrected chi connectivity index (χ4v) is 2.42. The van der Waals surface area contributed by atoms with Crippen molar-refractivity contribution in [3.63, 3.8) is 0 Å². The molecule has 2 atom stereocenters. The number of hydrogen-bond acceptors (Lipinski definition) is 4. The number of nitrogens with zero attached hydrogens (tertiary/aromatic N) is 1. The Kier molecular flexibility index (Phi) is 8.30. The highest BCUT2D eigenvalue weighted by molar-refractivity contribution is 5.89. The molecule has 2 unspecified atom stereocenters. The number of ether oxygens (including phenoxy) is 1. The Morgan fingerprint density at radius 3 is 2.57 bits per heavy atom. The SMILES string of the molecule is CCCCCCCC(=O)OC(C)C(C)c1ncccc1C(=O)O. The Morgan fingerprint density at radius 1 is 1.22 bits per heavy atom. The predicted octanol–water partition coefficient (Wildman–Crippen LogP) is 4.18. The fourth-order valence-electron chi connectivity index (χ4n) is 2.42. The lowest BCUT2D eigenvalue weighted by Crippen LogP contribution is -2.23. The van der Waals surface area contributed by atoms with Crippen LogP contribution in [0.15, 0.2) is 18.3 Å². The van der Waals surface area contributed by atoms with Crippen molar-refractivity contribution in [2.24, 2.45) is 0 Å². The van der Waals surface area contributed by atoms with Crippen LogP contribution in [0.3, 0.4) is 0 Å². The summed E-state index contributed by atoms with van der Waals surface area (Å²) in [7, 11) is 0. The van der Waals surface area contributed by atoms with E-state index in [1.807, 2.05) is 6.92 Å². The summed E-state index contributed by atoms with van der Waals surface area (Å²) < 4.78 is 5.44. The Bertz CT molecular complexity index is 515. The molecule has 0 fully saturated rings. The van der Waals surface area contributed by atoms with Crippen molar-refractivity contribution in [1.82, 2.24) is 4.98 Å². The molecule has 1 N–H and O–H groups in total. The summed E-state index contributed by atoms with van der Waals surface area (Å²) in [5.74, 6) is -1.52. The van der Waals surface area contributed by atoms with Crippen molar-refractivity contribution < 1.29 is 19.4 Å². The predicted molar refractivity (Wildman–Crippen MR) is 88.5 cm³/mol. The Hall–Kier alpha value is -1.91. The summed E-state index contributed by atoms with van der Waals surface area (Å²) in [4.78, 5) is 27.3. The van der Waals surface area contributed by atoms with Crippen LogP contribution in [-0.4, -0.2) is 28.1 Å². The molecule has 1 rings (SSSR count). The van der Waals surface area contributed by atoms with E-state index in [9.17, 15) is 14.7 Å². The minimum Gasteiger partial charge on any atom is -0.478 e. The van der Waals surface area contributed by atoms with Gasteiger partial charge in [0.2, 0.25) is 0 Å². The summed E-state index contributed by atoms with van der Waals surface area (Å²) >= 11 is 0. The first-order valence-corrected chi connectivity index (χ1v) is 8.35. The summed E-state index contributed by atoms with van der Waals surface area (Å²) in [5, 5.41) is 9.22. The number of rotatable bonds is 10. The molecule has 0 aliphatic heterocycles. The molecular formula is C18H27NO4. The third kappa shape index (κ3) is 6.38. The number of carboxylic acid groups (broad SMARTS) is 1. The molecule has 0 spiro atoms. The number of pyridine rings is 1. The van der Waals surface area contributed by atoms with E-state index in [2.05, 4.69) is 11.9 Å². The van der Waals surface area contributed by atoms with Gasteiger partial charge in [-0.05, 0) is 25.5 Å². The van der Waals surface area contributed by atoms with Gasteiger partial charge in [-0.2, -0.15) is 0 Å². The Balaban J connectivity index is 2.52. The van der Waals surface area contributed by atoms with E-state index in [4.69, 9.17) is 4.74 Å². The monoisotopic (exact) mass is 321 g/mol. The standard InChI is InChI=1S/C18H27NO4/c1-4-5-6-7-8-11-16(20)23-14(3)13(2)17-15(18(21)22)10-9-12-19-17/h9-10,12-14H,4-8,11H2,1-3H3,(H,21,22). The van der Waals surface area contributed by atoms with Gasteiger partial charge in [-0.25, -0.2) is 4.79 Å². The zero-order valence-electron chi connectivity index (χ0n) is 14.2. The average Bonchev–Trinajstić information content (AvgIpc) is 2.53. The van der Waals surface area contributed by atoms with Crippen LogP contribution in [0.2, 0.25) is 0 Å². The highest BCUT2D eigenvalue weighted by atomic mass is 16.5. The van der Waals surface area contributed by atoms with Gasteiger partial charge < -0.3 is 9.84 Å². The van der Waals surface area contributed by atoms with Gasteiger partial charge in [-0.15, -0.1) is 0 Å². The van der Waals surface area contributed by atoms with Crippen LogP contribution < -0.4 is 0 Å². The molecule has 0 bridgehead atoms. The summed E-state index contributed by atoms with van der Waals surface area (Å²) in [6.45, 7) is 5.76. The number of carbonyl (C=O) groups is 2. The van der Waals surface area contributed by atoms with Crippen LogP contribution in [0.1, 0.15) is 81.3 Å². The zero-order chi connectivity index (χ0) is 17.2. The molecule has 0 aliphatic carbocycles. The Morgan fingerprint density at radius 2 is 1.91 bits per heavy atom. The number of aromatic nitrogens is 1. The fraction of sp³-hybridized carbons (Fsp3) is 0.611. The third-order valence-electron chi connectivity index (χ3n) is 4.01. The highest BCUT2D eigenvalue weighted by Gasteiger charge is 2.24. The smallest absolute Gasteiger partial charge is 0.337 e. The van der Waals surface area contributed by atoms with Crippen LogP contribution in [-0.2, 0) is 9.53 Å². The number of carbonyl (C=O) groups excluding carboxylic acids is 1. The summed E-state index contributed by atoms with van der Waals surface area (Å²) in [5.41, 5.74) is 0.603. The van der Waals surface area contributed by atoms with Crippen molar-refractivity contribution in [2.75, 3.05) is 0 Å². The first-order chi connectivity index (χ1) is 11.0. The van der Waals surface area contributed by atoms with E-state index in [1.165, 1.54) is 18.9 Å². The van der Waals surface area contributed by atoms with Gasteiger partial charge in [0.15, 0.2) is 0 Å². The highest BCUT2D eigenvalue weighted by Crippen LogP contribution is 2.23. The minimum atomic E-state index is -1.02. The lowest BCUT2D eigenvalue weighted by atomic mass is 9.97. The second-order valence-corrected chi connectivity index (χ2v) is 5.89. The lowest BCUT2D eigenvalue weighted by Gasteiger charge is -2.21. The maximum atomic E-state index is 11.9. The molecule has 5 nitrogen and oxygen atoms in total. The molecule has 0 aromatic carbocycles. The average molecular weight is 321 g/mol. The molecule has 128 valence electrons. The van der Waals surface area contributed by atoms with E-state index in [1.54, 1.807) is 19.2 Å². The van der Waals surface area contributed by atoms with Crippen molar-refractivity contribution >= 4 is 11.9 Å². The van der Waals surface area contributed by atoms with E-state index in [0.717, 1.165) is 19.3 Å². The molecule has 1 aromatic rings. The molecule has 0 saturated heterocycles. The van der Waals surface area contributed by atoms with E-state index < -0.39 is 12.1 Å². The van der Waals surface area contributed by atoms with Gasteiger partial charge in [-0.1, -0.05) is 39.5 Å². The van der Waals surface area contributed by atoms with Crippen LogP contribution in [0.25, 0.3) is 0 Å². The molecule has 5 heteroatoms. The maximum absolute atomic E-state index is 11.9. The van der Waals surface area contributed by atoms with Crippen molar-refractivity contribution in [2.45, 2.75) is 71.3 Å². The quantitative estimate of drug-likeness (QED) is 0.517. The van der Waals surface area contributed by atoms with Crippen LogP contribution in [0, 0.1) is 0 Å². The molecule has 0 amide bonds. The van der Waals surface area contributed by atoms with Gasteiger partial charge in [0, 0.05) is 18.5 Å². The maximum Gasteiger partial charge on any atom is 0.337 e. The number of carboxylic acids is 1. The van der Waals surface area contributed by atoms with Crippen molar-refractivity contribution in [3.05, 3.63) is 29.6 Å².